The van der Waals surface area contributed by atoms with Crippen LogP contribution in [-0.4, -0.2) is 71.8 Å². The topological polar surface area (TPSA) is 127 Å². The number of anilines is 1. The Morgan fingerprint density at radius 2 is 1.85 bits per heavy atom. The van der Waals surface area contributed by atoms with E-state index in [1.165, 1.54) is 10.5 Å². The molecule has 5 rings (SSSR count). The van der Waals surface area contributed by atoms with Crippen molar-refractivity contribution in [2.45, 2.75) is 23.8 Å². The van der Waals surface area contributed by atoms with Crippen molar-refractivity contribution < 1.29 is 18.0 Å². The van der Waals surface area contributed by atoms with Crippen LogP contribution in [0.15, 0.2) is 53.7 Å². The van der Waals surface area contributed by atoms with Crippen LogP contribution in [0.4, 0.5) is 10.5 Å². The Morgan fingerprint density at radius 3 is 2.61 bits per heavy atom. The molecule has 1 saturated carbocycles. The lowest BCUT2D eigenvalue weighted by Crippen LogP contribution is -2.50. The number of aromatic amines is 1. The van der Waals surface area contributed by atoms with E-state index < -0.39 is 10.0 Å². The van der Waals surface area contributed by atoms with Crippen molar-refractivity contribution in [2.75, 3.05) is 31.5 Å². The number of urea groups is 1. The first-order valence-electron chi connectivity index (χ1n) is 10.8. The number of H-pyrrole nitrogens is 1. The van der Waals surface area contributed by atoms with Gasteiger partial charge < -0.3 is 20.5 Å². The van der Waals surface area contributed by atoms with Gasteiger partial charge in [-0.2, -0.15) is 4.31 Å². The standard InChI is InChI=1S/C22H24N6O4S/c29-21(15-3-1-4-17(13-15)26-22(30)25-16-6-7-16)27-9-11-28(12-10-27)33(31,32)19-14-24-20-18(19)5-2-8-23-20/h1-5,8,13-14,16H,6-7,9-12H2,(H,23,24)(H2,25,26,30). The van der Waals surface area contributed by atoms with E-state index in [1.807, 2.05) is 0 Å². The highest BCUT2D eigenvalue weighted by molar-refractivity contribution is 7.89. The number of amides is 3. The van der Waals surface area contributed by atoms with Crippen molar-refractivity contribution in [1.82, 2.24) is 24.5 Å². The summed E-state index contributed by atoms with van der Waals surface area (Å²) >= 11 is 0. The SMILES string of the molecule is O=C(Nc1cccc(C(=O)N2CCN(S(=O)(=O)c3c[nH]c4ncccc34)CC2)c1)NC1CC1. The van der Waals surface area contributed by atoms with E-state index in [4.69, 9.17) is 0 Å². The van der Waals surface area contributed by atoms with Gasteiger partial charge in [-0.3, -0.25) is 4.79 Å². The van der Waals surface area contributed by atoms with E-state index in [0.717, 1.165) is 12.8 Å². The molecule has 1 aliphatic carbocycles. The van der Waals surface area contributed by atoms with Crippen molar-refractivity contribution in [1.29, 1.82) is 0 Å². The van der Waals surface area contributed by atoms with Gasteiger partial charge in [0.25, 0.3) is 5.91 Å². The molecular weight excluding hydrogens is 444 g/mol. The molecule has 172 valence electrons. The van der Waals surface area contributed by atoms with Crippen molar-refractivity contribution >= 4 is 38.7 Å². The molecule has 2 fully saturated rings. The molecule has 0 bridgehead atoms. The van der Waals surface area contributed by atoms with Crippen molar-refractivity contribution in [2.24, 2.45) is 0 Å². The van der Waals surface area contributed by atoms with Crippen LogP contribution >= 0.6 is 0 Å². The van der Waals surface area contributed by atoms with Gasteiger partial charge in [-0.25, -0.2) is 18.2 Å². The van der Waals surface area contributed by atoms with E-state index >= 15 is 0 Å². The number of benzene rings is 1. The minimum absolute atomic E-state index is 0.189. The van der Waals surface area contributed by atoms with Crippen LogP contribution in [0.3, 0.4) is 0 Å². The number of fused-ring (bicyclic) bond motifs is 1. The number of hydrogen-bond donors (Lipinski definition) is 3. The molecule has 11 heteroatoms. The number of aromatic nitrogens is 2. The van der Waals surface area contributed by atoms with E-state index in [-0.39, 0.29) is 49.1 Å². The molecule has 3 heterocycles. The summed E-state index contributed by atoms with van der Waals surface area (Å²) in [4.78, 5) is 33.8. The summed E-state index contributed by atoms with van der Waals surface area (Å²) in [5.41, 5.74) is 1.50. The average molecular weight is 469 g/mol. The molecule has 1 aromatic carbocycles. The van der Waals surface area contributed by atoms with Crippen LogP contribution in [0.25, 0.3) is 11.0 Å². The lowest BCUT2D eigenvalue weighted by molar-refractivity contribution is 0.0698. The van der Waals surface area contributed by atoms with Gasteiger partial charge in [0.05, 0.1) is 0 Å². The van der Waals surface area contributed by atoms with Crippen molar-refractivity contribution in [3.63, 3.8) is 0 Å². The number of nitrogens with zero attached hydrogens (tertiary/aromatic N) is 3. The van der Waals surface area contributed by atoms with E-state index in [2.05, 4.69) is 20.6 Å². The number of carbonyl (C=O) groups is 2. The summed E-state index contributed by atoms with van der Waals surface area (Å²) in [7, 11) is -3.71. The molecule has 10 nitrogen and oxygen atoms in total. The first kappa shape index (κ1) is 21.4. The van der Waals surface area contributed by atoms with Crippen molar-refractivity contribution in [3.05, 3.63) is 54.4 Å². The highest BCUT2D eigenvalue weighted by Crippen LogP contribution is 2.25. The Balaban J connectivity index is 1.24. The smallest absolute Gasteiger partial charge is 0.319 e. The minimum atomic E-state index is -3.71. The van der Waals surface area contributed by atoms with Crippen LogP contribution in [0, 0.1) is 0 Å². The predicted molar refractivity (Wildman–Crippen MR) is 122 cm³/mol. The van der Waals surface area contributed by atoms with Crippen LogP contribution in [-0.2, 0) is 10.0 Å². The fourth-order valence-electron chi connectivity index (χ4n) is 3.91. The minimum Gasteiger partial charge on any atom is -0.345 e. The summed E-state index contributed by atoms with van der Waals surface area (Å²) in [5, 5.41) is 6.14. The Bertz CT molecular complexity index is 1310. The summed E-state index contributed by atoms with van der Waals surface area (Å²) < 4.78 is 27.7. The molecule has 1 aliphatic heterocycles. The van der Waals surface area contributed by atoms with Gasteiger partial charge in [0, 0.05) is 61.3 Å². The Labute approximate surface area is 191 Å². The third-order valence-corrected chi connectivity index (χ3v) is 7.78. The van der Waals surface area contributed by atoms with Gasteiger partial charge in [-0.1, -0.05) is 6.07 Å². The molecule has 33 heavy (non-hydrogen) atoms. The first-order chi connectivity index (χ1) is 15.9. The second-order valence-corrected chi connectivity index (χ2v) is 10.1. The van der Waals surface area contributed by atoms with Gasteiger partial charge in [-0.15, -0.1) is 0 Å². The fourth-order valence-corrected chi connectivity index (χ4v) is 5.48. The van der Waals surface area contributed by atoms with Gasteiger partial charge >= 0.3 is 6.03 Å². The number of nitrogens with one attached hydrogen (secondary N) is 3. The highest BCUT2D eigenvalue weighted by Gasteiger charge is 2.32. The zero-order valence-electron chi connectivity index (χ0n) is 17.8. The Morgan fingerprint density at radius 1 is 1.06 bits per heavy atom. The quantitative estimate of drug-likeness (QED) is 0.528. The van der Waals surface area contributed by atoms with E-state index in [9.17, 15) is 18.0 Å². The van der Waals surface area contributed by atoms with Gasteiger partial charge in [0.15, 0.2) is 0 Å². The molecular formula is C22H24N6O4S. The van der Waals surface area contributed by atoms with Crippen LogP contribution in [0.2, 0.25) is 0 Å². The molecule has 3 N–H and O–H groups in total. The third-order valence-electron chi connectivity index (χ3n) is 5.84. The van der Waals surface area contributed by atoms with Gasteiger partial charge in [-0.05, 0) is 43.2 Å². The largest absolute Gasteiger partial charge is 0.345 e. The summed E-state index contributed by atoms with van der Waals surface area (Å²) in [6, 6.07) is 10.1. The van der Waals surface area contributed by atoms with Crippen LogP contribution in [0.1, 0.15) is 23.2 Å². The highest BCUT2D eigenvalue weighted by atomic mass is 32.2. The number of piperazine rings is 1. The molecule has 3 aromatic rings. The first-order valence-corrected chi connectivity index (χ1v) is 12.2. The number of carbonyl (C=O) groups excluding carboxylic acids is 2. The Hall–Kier alpha value is -3.44. The van der Waals surface area contributed by atoms with E-state index in [0.29, 0.717) is 22.3 Å². The zero-order chi connectivity index (χ0) is 23.0. The monoisotopic (exact) mass is 468 g/mol. The average Bonchev–Trinajstić information content (AvgIpc) is 3.52. The second kappa shape index (κ2) is 8.49. The molecule has 1 saturated heterocycles. The normalized spacial score (nSPS) is 17.2. The fraction of sp³-hybridized carbons (Fsp3) is 0.318. The molecule has 3 amide bonds. The van der Waals surface area contributed by atoms with Crippen LogP contribution in [0.5, 0.6) is 0 Å². The zero-order valence-corrected chi connectivity index (χ0v) is 18.6. The Kier molecular flexibility index (Phi) is 5.51. The van der Waals surface area contributed by atoms with Crippen molar-refractivity contribution in [3.8, 4) is 0 Å². The van der Waals surface area contributed by atoms with Gasteiger partial charge in [0.1, 0.15) is 10.5 Å². The second-order valence-electron chi connectivity index (χ2n) is 8.20. The number of rotatable bonds is 5. The molecule has 2 aliphatic rings. The third kappa shape index (κ3) is 4.41. The summed E-state index contributed by atoms with van der Waals surface area (Å²) in [5.74, 6) is -0.199. The predicted octanol–water partition coefficient (Wildman–Crippen LogP) is 1.99. The number of pyridine rings is 1. The molecule has 0 atom stereocenters. The molecule has 2 aromatic heterocycles. The van der Waals surface area contributed by atoms with Gasteiger partial charge in [0.2, 0.25) is 10.0 Å². The maximum Gasteiger partial charge on any atom is 0.319 e. The van der Waals surface area contributed by atoms with Crippen LogP contribution < -0.4 is 10.6 Å². The van der Waals surface area contributed by atoms with E-state index in [1.54, 1.807) is 47.5 Å². The maximum absolute atomic E-state index is 13.2. The summed E-state index contributed by atoms with van der Waals surface area (Å²) in [6.07, 6.45) is 5.04. The molecule has 0 radical (unpaired) electrons. The lowest BCUT2D eigenvalue weighted by Gasteiger charge is -2.34. The maximum atomic E-state index is 13.2. The number of hydrogen-bond acceptors (Lipinski definition) is 5. The molecule has 0 spiro atoms. The summed E-state index contributed by atoms with van der Waals surface area (Å²) in [6.45, 7) is 0.947. The number of sulfonamides is 1. The molecule has 0 unspecified atom stereocenters. The lowest BCUT2D eigenvalue weighted by atomic mass is 10.1.